The quantitative estimate of drug-likeness (QED) is 0.726. The normalized spacial score (nSPS) is 16.9. The Labute approximate surface area is 120 Å². The first-order valence-corrected chi connectivity index (χ1v) is 8.02. The van der Waals surface area contributed by atoms with Gasteiger partial charge in [-0.25, -0.2) is 9.97 Å². The van der Waals surface area contributed by atoms with Gasteiger partial charge in [0.2, 0.25) is 0 Å². The van der Waals surface area contributed by atoms with Gasteiger partial charge in [-0.3, -0.25) is 0 Å². The first kappa shape index (κ1) is 12.3. The Morgan fingerprint density at radius 1 is 1.17 bits per heavy atom. The molecule has 1 aliphatic carbocycles. The highest BCUT2D eigenvalue weighted by Crippen LogP contribution is 2.37. The molecule has 0 spiro atoms. The van der Waals surface area contributed by atoms with Crippen LogP contribution >= 0.6 is 27.3 Å². The van der Waals surface area contributed by atoms with Crippen LogP contribution in [0.1, 0.15) is 43.0 Å². The summed E-state index contributed by atoms with van der Waals surface area (Å²) in [5.41, 5.74) is 1.02. The highest BCUT2D eigenvalue weighted by molar-refractivity contribution is 9.10. The Kier molecular flexibility index (Phi) is 3.75. The monoisotopic (exact) mass is 322 g/mol. The molecule has 0 atom stereocenters. The average molecular weight is 323 g/mol. The fourth-order valence-electron chi connectivity index (χ4n) is 2.49. The molecule has 3 rings (SSSR count). The van der Waals surface area contributed by atoms with Crippen LogP contribution in [0.2, 0.25) is 0 Å². The first-order valence-electron chi connectivity index (χ1n) is 6.41. The van der Waals surface area contributed by atoms with Gasteiger partial charge in [-0.1, -0.05) is 25.3 Å². The Hall–Kier alpha value is -0.740. The molecule has 0 radical (unpaired) electrons. The van der Waals surface area contributed by atoms with E-state index in [1.54, 1.807) is 11.3 Å². The highest BCUT2D eigenvalue weighted by atomic mass is 79.9. The van der Waals surface area contributed by atoms with Crippen LogP contribution < -0.4 is 0 Å². The van der Waals surface area contributed by atoms with Crippen molar-refractivity contribution in [2.45, 2.75) is 38.0 Å². The molecule has 0 amide bonds. The van der Waals surface area contributed by atoms with Crippen LogP contribution in [0.15, 0.2) is 29.0 Å². The molecule has 2 nitrogen and oxygen atoms in total. The number of aromatic nitrogens is 2. The van der Waals surface area contributed by atoms with E-state index in [4.69, 9.17) is 0 Å². The van der Waals surface area contributed by atoms with Crippen LogP contribution in [0.4, 0.5) is 0 Å². The molecule has 1 fully saturated rings. The van der Waals surface area contributed by atoms with E-state index in [0.717, 1.165) is 10.3 Å². The summed E-state index contributed by atoms with van der Waals surface area (Å²) >= 11 is 5.22. The Balaban J connectivity index is 1.84. The van der Waals surface area contributed by atoms with Crippen molar-refractivity contribution in [3.05, 3.63) is 34.0 Å². The molecule has 1 saturated carbocycles. The summed E-state index contributed by atoms with van der Waals surface area (Å²) in [5, 5.41) is 1.30. The molecule has 0 saturated heterocycles. The summed E-state index contributed by atoms with van der Waals surface area (Å²) in [4.78, 5) is 10.3. The van der Waals surface area contributed by atoms with Gasteiger partial charge in [-0.15, -0.1) is 11.3 Å². The minimum Gasteiger partial charge on any atom is -0.249 e. The fourth-order valence-corrected chi connectivity index (χ4v) is 3.89. The van der Waals surface area contributed by atoms with E-state index in [1.807, 2.05) is 24.4 Å². The maximum Gasteiger partial charge on any atom is 0.106 e. The minimum absolute atomic E-state index is 0.685. The molecule has 0 bridgehead atoms. The predicted molar refractivity (Wildman–Crippen MR) is 78.9 cm³/mol. The third kappa shape index (κ3) is 2.64. The van der Waals surface area contributed by atoms with Crippen LogP contribution in [0.5, 0.6) is 0 Å². The number of pyridine rings is 1. The summed E-state index contributed by atoms with van der Waals surface area (Å²) in [5.74, 6) is 0.685. The van der Waals surface area contributed by atoms with Crippen molar-refractivity contribution in [3.63, 3.8) is 0 Å². The minimum atomic E-state index is 0.685. The summed E-state index contributed by atoms with van der Waals surface area (Å²) in [6, 6.07) is 6.02. The molecule has 0 aliphatic heterocycles. The first-order chi connectivity index (χ1) is 8.83. The summed E-state index contributed by atoms with van der Waals surface area (Å²) < 4.78 is 0.882. The van der Waals surface area contributed by atoms with E-state index in [0.29, 0.717) is 5.92 Å². The lowest BCUT2D eigenvalue weighted by Crippen LogP contribution is -2.03. The number of nitrogens with zero attached hydrogens (tertiary/aromatic N) is 2. The SMILES string of the molecule is Brc1cccc(-c2cnc(C3CCCCC3)s2)n1. The third-order valence-electron chi connectivity index (χ3n) is 3.45. The predicted octanol–water partition coefficient (Wildman–Crippen LogP) is 5.02. The molecule has 4 heteroatoms. The molecule has 2 aromatic heterocycles. The Bertz CT molecular complexity index is 532. The molecule has 0 aromatic carbocycles. The average Bonchev–Trinajstić information content (AvgIpc) is 2.89. The zero-order chi connectivity index (χ0) is 12.4. The largest absolute Gasteiger partial charge is 0.249 e. The fraction of sp³-hybridized carbons (Fsp3) is 0.429. The van der Waals surface area contributed by atoms with Gasteiger partial charge in [-0.2, -0.15) is 0 Å². The Morgan fingerprint density at radius 3 is 2.78 bits per heavy atom. The molecule has 1 aliphatic rings. The molecule has 18 heavy (non-hydrogen) atoms. The topological polar surface area (TPSA) is 25.8 Å². The molecular formula is C14H15BrN2S. The Morgan fingerprint density at radius 2 is 2.00 bits per heavy atom. The molecule has 94 valence electrons. The van der Waals surface area contributed by atoms with E-state index in [1.165, 1.54) is 42.0 Å². The number of hydrogen-bond acceptors (Lipinski definition) is 3. The van der Waals surface area contributed by atoms with Crippen molar-refractivity contribution in [1.82, 2.24) is 9.97 Å². The number of rotatable bonds is 2. The van der Waals surface area contributed by atoms with Crippen molar-refractivity contribution in [2.24, 2.45) is 0 Å². The van der Waals surface area contributed by atoms with Crippen molar-refractivity contribution < 1.29 is 0 Å². The van der Waals surface area contributed by atoms with Gasteiger partial charge in [0.25, 0.3) is 0 Å². The van der Waals surface area contributed by atoms with Gasteiger partial charge in [0, 0.05) is 12.1 Å². The molecule has 0 unspecified atom stereocenters. The third-order valence-corrected chi connectivity index (χ3v) is 5.07. The number of hydrogen-bond donors (Lipinski definition) is 0. The lowest BCUT2D eigenvalue weighted by Gasteiger charge is -2.18. The van der Waals surface area contributed by atoms with E-state index in [2.05, 4.69) is 25.9 Å². The van der Waals surface area contributed by atoms with Gasteiger partial charge >= 0.3 is 0 Å². The zero-order valence-corrected chi connectivity index (χ0v) is 12.5. The standard InChI is InChI=1S/C14H15BrN2S/c15-13-8-4-7-11(17-13)12-9-16-14(18-12)10-5-2-1-3-6-10/h4,7-10H,1-3,5-6H2. The maximum atomic E-state index is 4.61. The van der Waals surface area contributed by atoms with Gasteiger partial charge in [0.05, 0.1) is 15.6 Å². The van der Waals surface area contributed by atoms with Crippen LogP contribution in [-0.4, -0.2) is 9.97 Å². The van der Waals surface area contributed by atoms with E-state index >= 15 is 0 Å². The highest BCUT2D eigenvalue weighted by Gasteiger charge is 2.19. The summed E-state index contributed by atoms with van der Waals surface area (Å²) in [6.45, 7) is 0. The van der Waals surface area contributed by atoms with Crippen LogP contribution in [0.3, 0.4) is 0 Å². The second kappa shape index (κ2) is 5.49. The van der Waals surface area contributed by atoms with Crippen LogP contribution in [0, 0.1) is 0 Å². The lowest BCUT2D eigenvalue weighted by molar-refractivity contribution is 0.442. The maximum absolute atomic E-state index is 4.61. The molecule has 0 N–H and O–H groups in total. The number of thiazole rings is 1. The van der Waals surface area contributed by atoms with Crippen LogP contribution in [-0.2, 0) is 0 Å². The van der Waals surface area contributed by atoms with E-state index < -0.39 is 0 Å². The lowest BCUT2D eigenvalue weighted by atomic mass is 9.90. The molecular weight excluding hydrogens is 308 g/mol. The van der Waals surface area contributed by atoms with E-state index in [-0.39, 0.29) is 0 Å². The summed E-state index contributed by atoms with van der Waals surface area (Å²) in [7, 11) is 0. The van der Waals surface area contributed by atoms with Crippen molar-refractivity contribution in [1.29, 1.82) is 0 Å². The van der Waals surface area contributed by atoms with Crippen molar-refractivity contribution >= 4 is 27.3 Å². The van der Waals surface area contributed by atoms with E-state index in [9.17, 15) is 0 Å². The molecule has 2 heterocycles. The van der Waals surface area contributed by atoms with Crippen molar-refractivity contribution in [3.8, 4) is 10.6 Å². The second-order valence-corrected chi connectivity index (χ2v) is 6.62. The smallest absolute Gasteiger partial charge is 0.106 e. The van der Waals surface area contributed by atoms with Gasteiger partial charge in [-0.05, 0) is 40.9 Å². The number of halogens is 1. The van der Waals surface area contributed by atoms with Crippen LogP contribution in [0.25, 0.3) is 10.6 Å². The van der Waals surface area contributed by atoms with Gasteiger partial charge in [0.1, 0.15) is 4.60 Å². The summed E-state index contributed by atoms with van der Waals surface area (Å²) in [6.07, 6.45) is 8.69. The van der Waals surface area contributed by atoms with Crippen molar-refractivity contribution in [2.75, 3.05) is 0 Å². The second-order valence-electron chi connectivity index (χ2n) is 4.74. The zero-order valence-electron chi connectivity index (χ0n) is 10.1. The molecule has 2 aromatic rings. The van der Waals surface area contributed by atoms with Gasteiger partial charge < -0.3 is 0 Å². The van der Waals surface area contributed by atoms with Gasteiger partial charge in [0.15, 0.2) is 0 Å².